The minimum atomic E-state index is -1.20. The van der Waals surface area contributed by atoms with Gasteiger partial charge in [0.1, 0.15) is 5.60 Å². The minimum Gasteiger partial charge on any atom is -0.381 e. The molecule has 0 aliphatic carbocycles. The largest absolute Gasteiger partial charge is 0.381 e. The SMILES string of the molecule is C[C@H]1CCN(C(=O)C(C)(C)O)C1. The number of hydrogen-bond donors (Lipinski definition) is 1. The lowest BCUT2D eigenvalue weighted by Crippen LogP contribution is -2.43. The Morgan fingerprint density at radius 3 is 2.50 bits per heavy atom. The lowest BCUT2D eigenvalue weighted by molar-refractivity contribution is -0.146. The molecule has 0 aromatic heterocycles. The second-order valence-electron chi connectivity index (χ2n) is 4.20. The number of carbonyl (C=O) groups is 1. The number of rotatable bonds is 1. The summed E-state index contributed by atoms with van der Waals surface area (Å²) in [5.41, 5.74) is -1.20. The van der Waals surface area contributed by atoms with Crippen LogP contribution < -0.4 is 0 Å². The van der Waals surface area contributed by atoms with Crippen molar-refractivity contribution >= 4 is 5.91 Å². The molecule has 1 saturated heterocycles. The molecule has 1 amide bonds. The molecule has 12 heavy (non-hydrogen) atoms. The van der Waals surface area contributed by atoms with Crippen LogP contribution in [-0.4, -0.2) is 34.6 Å². The third kappa shape index (κ3) is 1.97. The second-order valence-corrected chi connectivity index (χ2v) is 4.20. The minimum absolute atomic E-state index is 0.146. The zero-order valence-electron chi connectivity index (χ0n) is 8.00. The zero-order chi connectivity index (χ0) is 9.35. The number of carbonyl (C=O) groups excluding carboxylic acids is 1. The molecule has 1 aliphatic heterocycles. The predicted octanol–water partition coefficient (Wildman–Crippen LogP) is 0.626. The summed E-state index contributed by atoms with van der Waals surface area (Å²) in [4.78, 5) is 13.2. The Labute approximate surface area is 73.4 Å². The van der Waals surface area contributed by atoms with Gasteiger partial charge in [0.25, 0.3) is 5.91 Å². The van der Waals surface area contributed by atoms with Gasteiger partial charge in [-0.15, -0.1) is 0 Å². The average Bonchev–Trinajstić information content (AvgIpc) is 2.32. The fourth-order valence-electron chi connectivity index (χ4n) is 1.51. The van der Waals surface area contributed by atoms with Gasteiger partial charge in [-0.2, -0.15) is 0 Å². The Hall–Kier alpha value is -0.570. The van der Waals surface area contributed by atoms with Crippen LogP contribution in [0.1, 0.15) is 27.2 Å². The third-order valence-corrected chi connectivity index (χ3v) is 2.23. The summed E-state index contributed by atoms with van der Waals surface area (Å²) in [6.07, 6.45) is 1.06. The standard InChI is InChI=1S/C9H17NO2/c1-7-4-5-10(6-7)8(11)9(2,3)12/h7,12H,4-6H2,1-3H3/t7-/m0/s1. The molecule has 0 saturated carbocycles. The first-order valence-electron chi connectivity index (χ1n) is 4.43. The van der Waals surface area contributed by atoms with E-state index in [0.717, 1.165) is 19.5 Å². The Bertz CT molecular complexity index is 183. The summed E-state index contributed by atoms with van der Waals surface area (Å²) < 4.78 is 0. The molecule has 0 radical (unpaired) electrons. The van der Waals surface area contributed by atoms with E-state index in [2.05, 4.69) is 6.92 Å². The zero-order valence-corrected chi connectivity index (χ0v) is 8.00. The Morgan fingerprint density at radius 2 is 2.17 bits per heavy atom. The first-order valence-corrected chi connectivity index (χ1v) is 4.43. The van der Waals surface area contributed by atoms with Crippen molar-refractivity contribution in [3.05, 3.63) is 0 Å². The van der Waals surface area contributed by atoms with Crippen molar-refractivity contribution in [3.8, 4) is 0 Å². The number of amides is 1. The van der Waals surface area contributed by atoms with Gasteiger partial charge in [0.2, 0.25) is 0 Å². The summed E-state index contributed by atoms with van der Waals surface area (Å²) in [5.74, 6) is 0.433. The van der Waals surface area contributed by atoms with Gasteiger partial charge in [0.15, 0.2) is 0 Å². The molecule has 0 aromatic rings. The van der Waals surface area contributed by atoms with Crippen LogP contribution in [0.15, 0.2) is 0 Å². The second kappa shape index (κ2) is 3.05. The van der Waals surface area contributed by atoms with Crippen molar-refractivity contribution in [2.75, 3.05) is 13.1 Å². The van der Waals surface area contributed by atoms with E-state index >= 15 is 0 Å². The van der Waals surface area contributed by atoms with E-state index in [0.29, 0.717) is 5.92 Å². The molecule has 1 atom stereocenters. The topological polar surface area (TPSA) is 40.5 Å². The lowest BCUT2D eigenvalue weighted by Gasteiger charge is -2.24. The summed E-state index contributed by atoms with van der Waals surface area (Å²) >= 11 is 0. The van der Waals surface area contributed by atoms with Gasteiger partial charge in [0.05, 0.1) is 0 Å². The van der Waals surface area contributed by atoms with Crippen molar-refractivity contribution in [2.45, 2.75) is 32.8 Å². The molecule has 0 unspecified atom stereocenters. The quantitative estimate of drug-likeness (QED) is 0.628. The summed E-state index contributed by atoms with van der Waals surface area (Å²) in [5, 5.41) is 9.44. The maximum atomic E-state index is 11.5. The highest BCUT2D eigenvalue weighted by molar-refractivity contribution is 5.84. The molecule has 3 heteroatoms. The highest BCUT2D eigenvalue weighted by Crippen LogP contribution is 2.18. The maximum absolute atomic E-state index is 11.5. The fourth-order valence-corrected chi connectivity index (χ4v) is 1.51. The Morgan fingerprint density at radius 1 is 1.58 bits per heavy atom. The molecule has 1 aliphatic rings. The first kappa shape index (κ1) is 9.52. The van der Waals surface area contributed by atoms with Gasteiger partial charge in [-0.1, -0.05) is 6.92 Å². The highest BCUT2D eigenvalue weighted by Gasteiger charge is 2.32. The summed E-state index contributed by atoms with van der Waals surface area (Å²) in [6, 6.07) is 0. The molecule has 0 spiro atoms. The molecule has 1 fully saturated rings. The van der Waals surface area contributed by atoms with Gasteiger partial charge in [-0.05, 0) is 26.2 Å². The number of likely N-dealkylation sites (tertiary alicyclic amines) is 1. The predicted molar refractivity (Wildman–Crippen MR) is 46.7 cm³/mol. The molecule has 3 nitrogen and oxygen atoms in total. The molecule has 1 N–H and O–H groups in total. The fraction of sp³-hybridized carbons (Fsp3) is 0.889. The average molecular weight is 171 g/mol. The first-order chi connectivity index (χ1) is 5.41. The highest BCUT2D eigenvalue weighted by atomic mass is 16.3. The van der Waals surface area contributed by atoms with Crippen molar-refractivity contribution in [1.29, 1.82) is 0 Å². The Balaban J connectivity index is 2.55. The number of nitrogens with zero attached hydrogens (tertiary/aromatic N) is 1. The molecule has 70 valence electrons. The van der Waals surface area contributed by atoms with Crippen LogP contribution in [0.2, 0.25) is 0 Å². The van der Waals surface area contributed by atoms with E-state index in [4.69, 9.17) is 0 Å². The molecular weight excluding hydrogens is 154 g/mol. The van der Waals surface area contributed by atoms with Gasteiger partial charge in [-0.25, -0.2) is 0 Å². The van der Waals surface area contributed by atoms with E-state index in [1.54, 1.807) is 18.7 Å². The van der Waals surface area contributed by atoms with Crippen molar-refractivity contribution in [1.82, 2.24) is 4.90 Å². The molecule has 0 bridgehead atoms. The van der Waals surface area contributed by atoms with Crippen molar-refractivity contribution < 1.29 is 9.90 Å². The van der Waals surface area contributed by atoms with E-state index in [-0.39, 0.29) is 5.91 Å². The number of aliphatic hydroxyl groups is 1. The summed E-state index contributed by atoms with van der Waals surface area (Å²) in [6.45, 7) is 6.79. The van der Waals surface area contributed by atoms with Gasteiger partial charge >= 0.3 is 0 Å². The lowest BCUT2D eigenvalue weighted by atomic mass is 10.1. The molecular formula is C9H17NO2. The van der Waals surface area contributed by atoms with Crippen LogP contribution in [0.3, 0.4) is 0 Å². The van der Waals surface area contributed by atoms with Crippen molar-refractivity contribution in [2.24, 2.45) is 5.92 Å². The smallest absolute Gasteiger partial charge is 0.253 e. The monoisotopic (exact) mass is 171 g/mol. The molecule has 1 rings (SSSR count). The van der Waals surface area contributed by atoms with Gasteiger partial charge in [0, 0.05) is 13.1 Å². The summed E-state index contributed by atoms with van der Waals surface area (Å²) in [7, 11) is 0. The third-order valence-electron chi connectivity index (χ3n) is 2.23. The van der Waals surface area contributed by atoms with Crippen LogP contribution in [-0.2, 0) is 4.79 Å². The normalized spacial score (nSPS) is 24.7. The van der Waals surface area contributed by atoms with E-state index < -0.39 is 5.60 Å². The molecule has 1 heterocycles. The van der Waals surface area contributed by atoms with Crippen LogP contribution in [0, 0.1) is 5.92 Å². The van der Waals surface area contributed by atoms with Gasteiger partial charge < -0.3 is 10.0 Å². The van der Waals surface area contributed by atoms with E-state index in [1.807, 2.05) is 0 Å². The van der Waals surface area contributed by atoms with Crippen LogP contribution >= 0.6 is 0 Å². The maximum Gasteiger partial charge on any atom is 0.253 e. The van der Waals surface area contributed by atoms with E-state index in [1.165, 1.54) is 0 Å². The van der Waals surface area contributed by atoms with Crippen LogP contribution in [0.4, 0.5) is 0 Å². The Kier molecular flexibility index (Phi) is 2.42. The van der Waals surface area contributed by atoms with Crippen LogP contribution in [0.25, 0.3) is 0 Å². The molecule has 0 aromatic carbocycles. The van der Waals surface area contributed by atoms with E-state index in [9.17, 15) is 9.90 Å². The number of hydrogen-bond acceptors (Lipinski definition) is 2. The van der Waals surface area contributed by atoms with Crippen LogP contribution in [0.5, 0.6) is 0 Å². The van der Waals surface area contributed by atoms with Crippen molar-refractivity contribution in [3.63, 3.8) is 0 Å². The van der Waals surface area contributed by atoms with Gasteiger partial charge in [-0.3, -0.25) is 4.79 Å².